The van der Waals surface area contributed by atoms with Gasteiger partial charge in [-0.05, 0) is 0 Å². The number of carbonyl (C=O) groups is 2. The Morgan fingerprint density at radius 3 is 2.69 bits per heavy atom. The highest BCUT2D eigenvalue weighted by Gasteiger charge is 2.14. The fourth-order valence-corrected chi connectivity index (χ4v) is 0.648. The normalized spacial score (nSPS) is 11.9. The molecule has 0 aromatic heterocycles. The van der Waals surface area contributed by atoms with Crippen LogP contribution in [0.3, 0.4) is 0 Å². The van der Waals surface area contributed by atoms with Gasteiger partial charge in [-0.15, -0.1) is 0 Å². The molecule has 0 saturated carbocycles. The molecular formula is C9H13NO6. The molecule has 1 N–H and O–H groups in total. The minimum atomic E-state index is -0.945. The second-order valence-corrected chi connectivity index (χ2v) is 2.49. The van der Waals surface area contributed by atoms with Gasteiger partial charge < -0.3 is 19.4 Å². The Balaban J connectivity index is 3.99. The van der Waals surface area contributed by atoms with Crippen molar-refractivity contribution in [2.75, 3.05) is 20.3 Å². The molecule has 1 unspecified atom stereocenters. The van der Waals surface area contributed by atoms with Crippen molar-refractivity contribution < 1.29 is 29.0 Å². The lowest BCUT2D eigenvalue weighted by Crippen LogP contribution is -2.28. The Bertz CT molecular complexity index is 275. The largest absolute Gasteiger partial charge is 0.458 e. The molecule has 7 heteroatoms. The van der Waals surface area contributed by atoms with Crippen LogP contribution in [0.25, 0.3) is 0 Å². The maximum atomic E-state index is 11.0. The number of rotatable bonds is 7. The summed E-state index contributed by atoms with van der Waals surface area (Å²) < 4.78 is 9.25. The van der Waals surface area contributed by atoms with Crippen molar-refractivity contribution in [3.63, 3.8) is 0 Å². The highest BCUT2D eigenvalue weighted by atomic mass is 16.6. The van der Waals surface area contributed by atoms with Gasteiger partial charge in [0.05, 0.1) is 6.61 Å². The van der Waals surface area contributed by atoms with Gasteiger partial charge in [0.1, 0.15) is 13.7 Å². The van der Waals surface area contributed by atoms with Crippen molar-refractivity contribution in [1.29, 1.82) is 0 Å². The van der Waals surface area contributed by atoms with Crippen molar-refractivity contribution >= 4 is 18.2 Å². The number of hydrogen-bond donors (Lipinski definition) is 1. The Hall–Kier alpha value is -1.89. The molecule has 0 aliphatic rings. The van der Waals surface area contributed by atoms with Gasteiger partial charge in [0.25, 0.3) is 0 Å². The molecule has 0 amide bonds. The highest BCUT2D eigenvalue weighted by molar-refractivity contribution is 6.23. The molecule has 0 rings (SSSR count). The number of carbonyl (C=O) groups excluding carboxylic acids is 2. The number of esters is 2. The summed E-state index contributed by atoms with van der Waals surface area (Å²) in [7, 11) is 1.26. The third-order valence-electron chi connectivity index (χ3n) is 1.33. The number of nitrogens with zero attached hydrogens (tertiary/aromatic N) is 1. The van der Waals surface area contributed by atoms with Crippen LogP contribution in [0.5, 0.6) is 0 Å². The predicted octanol–water partition coefficient (Wildman–Crippen LogP) is -0.748. The van der Waals surface area contributed by atoms with Crippen LogP contribution in [0.4, 0.5) is 0 Å². The van der Waals surface area contributed by atoms with E-state index in [1.54, 1.807) is 0 Å². The first-order chi connectivity index (χ1) is 7.63. The van der Waals surface area contributed by atoms with Crippen LogP contribution in [-0.2, 0) is 23.9 Å². The molecule has 0 aliphatic carbocycles. The van der Waals surface area contributed by atoms with Crippen molar-refractivity contribution in [1.82, 2.24) is 0 Å². The lowest BCUT2D eigenvalue weighted by molar-refractivity contribution is -0.153. The molecule has 90 valence electrons. The maximum absolute atomic E-state index is 11.0. The van der Waals surface area contributed by atoms with Crippen molar-refractivity contribution in [3.8, 4) is 0 Å². The standard InChI is InChI=1S/C9H13NO6/c1-3-8(12)15-6-7(5-11)16-9(13)4-10-14-2/h3-4,7,11H,1,5-6H2,2H3/b10-4+. The van der Waals surface area contributed by atoms with E-state index in [9.17, 15) is 9.59 Å². The molecule has 16 heavy (non-hydrogen) atoms. The second-order valence-electron chi connectivity index (χ2n) is 2.49. The van der Waals surface area contributed by atoms with Crippen LogP contribution in [0.1, 0.15) is 0 Å². The first-order valence-electron chi connectivity index (χ1n) is 4.31. The Morgan fingerprint density at radius 2 is 2.19 bits per heavy atom. The van der Waals surface area contributed by atoms with Gasteiger partial charge in [-0.3, -0.25) is 0 Å². The third kappa shape index (κ3) is 6.55. The second kappa shape index (κ2) is 8.42. The average Bonchev–Trinajstić information content (AvgIpc) is 2.31. The maximum Gasteiger partial charge on any atom is 0.353 e. The molecule has 0 aromatic carbocycles. The summed E-state index contributed by atoms with van der Waals surface area (Å²) in [4.78, 5) is 25.9. The zero-order chi connectivity index (χ0) is 12.4. The van der Waals surface area contributed by atoms with E-state index >= 15 is 0 Å². The third-order valence-corrected chi connectivity index (χ3v) is 1.33. The van der Waals surface area contributed by atoms with Gasteiger partial charge in [-0.2, -0.15) is 0 Å². The van der Waals surface area contributed by atoms with Gasteiger partial charge >= 0.3 is 11.9 Å². The molecule has 0 spiro atoms. The van der Waals surface area contributed by atoms with Crippen LogP contribution in [-0.4, -0.2) is 49.7 Å². The summed E-state index contributed by atoms with van der Waals surface area (Å²) in [6, 6.07) is 0. The van der Waals surface area contributed by atoms with E-state index in [1.807, 2.05) is 0 Å². The molecule has 0 bridgehead atoms. The van der Waals surface area contributed by atoms with Crippen LogP contribution in [0.2, 0.25) is 0 Å². The monoisotopic (exact) mass is 231 g/mol. The zero-order valence-electron chi connectivity index (χ0n) is 8.79. The fourth-order valence-electron chi connectivity index (χ4n) is 0.648. The van der Waals surface area contributed by atoms with Crippen molar-refractivity contribution in [3.05, 3.63) is 12.7 Å². The van der Waals surface area contributed by atoms with Crippen LogP contribution >= 0.6 is 0 Å². The summed E-state index contributed by atoms with van der Waals surface area (Å²) in [5, 5.41) is 12.0. The molecule has 0 fully saturated rings. The van der Waals surface area contributed by atoms with E-state index < -0.39 is 24.6 Å². The number of aliphatic hydroxyl groups is 1. The zero-order valence-corrected chi connectivity index (χ0v) is 8.79. The van der Waals surface area contributed by atoms with Crippen LogP contribution in [0.15, 0.2) is 17.8 Å². The van der Waals surface area contributed by atoms with Crippen molar-refractivity contribution in [2.24, 2.45) is 5.16 Å². The topological polar surface area (TPSA) is 94.4 Å². The lowest BCUT2D eigenvalue weighted by Gasteiger charge is -2.13. The summed E-state index contributed by atoms with van der Waals surface area (Å²) in [5.41, 5.74) is 0. The van der Waals surface area contributed by atoms with E-state index in [4.69, 9.17) is 5.11 Å². The average molecular weight is 231 g/mol. The molecule has 0 heterocycles. The first-order valence-corrected chi connectivity index (χ1v) is 4.31. The fraction of sp³-hybridized carbons (Fsp3) is 0.444. The Kier molecular flexibility index (Phi) is 7.43. The summed E-state index contributed by atoms with van der Waals surface area (Å²) in [5.74, 6) is -1.48. The lowest BCUT2D eigenvalue weighted by atomic mass is 10.4. The van der Waals surface area contributed by atoms with E-state index in [0.717, 1.165) is 12.3 Å². The van der Waals surface area contributed by atoms with Crippen molar-refractivity contribution in [2.45, 2.75) is 6.10 Å². The minimum absolute atomic E-state index is 0.256. The molecule has 0 aromatic rings. The van der Waals surface area contributed by atoms with Gasteiger partial charge in [-0.1, -0.05) is 11.7 Å². The molecule has 0 radical (unpaired) electrons. The number of ether oxygens (including phenoxy) is 2. The quantitative estimate of drug-likeness (QED) is 0.268. The molecule has 1 atom stereocenters. The van der Waals surface area contributed by atoms with E-state index in [-0.39, 0.29) is 6.61 Å². The number of hydrogen-bond acceptors (Lipinski definition) is 7. The van der Waals surface area contributed by atoms with Crippen LogP contribution in [0, 0.1) is 0 Å². The predicted molar refractivity (Wildman–Crippen MR) is 53.6 cm³/mol. The number of aliphatic hydroxyl groups excluding tert-OH is 1. The highest BCUT2D eigenvalue weighted by Crippen LogP contribution is 1.94. The van der Waals surface area contributed by atoms with E-state index in [0.29, 0.717) is 0 Å². The van der Waals surface area contributed by atoms with Gasteiger partial charge in [0.2, 0.25) is 0 Å². The smallest absolute Gasteiger partial charge is 0.353 e. The van der Waals surface area contributed by atoms with E-state index in [2.05, 4.69) is 26.0 Å². The SMILES string of the molecule is C=CC(=O)OCC(CO)OC(=O)/C=N/OC. The molecular weight excluding hydrogens is 218 g/mol. The van der Waals surface area contributed by atoms with Gasteiger partial charge in [0, 0.05) is 6.08 Å². The Labute approximate surface area is 92.3 Å². The minimum Gasteiger partial charge on any atom is -0.458 e. The first kappa shape index (κ1) is 14.1. The molecule has 0 saturated heterocycles. The Morgan fingerprint density at radius 1 is 1.50 bits per heavy atom. The summed E-state index contributed by atoms with van der Waals surface area (Å²) in [6.07, 6.45) is 0.806. The summed E-state index contributed by atoms with van der Waals surface area (Å²) >= 11 is 0. The number of oxime groups is 1. The van der Waals surface area contributed by atoms with E-state index in [1.165, 1.54) is 7.11 Å². The van der Waals surface area contributed by atoms with Gasteiger partial charge in [-0.25, -0.2) is 9.59 Å². The van der Waals surface area contributed by atoms with Crippen LogP contribution < -0.4 is 0 Å². The summed E-state index contributed by atoms with van der Waals surface area (Å²) in [6.45, 7) is 2.45. The van der Waals surface area contributed by atoms with Gasteiger partial charge in [0.15, 0.2) is 12.3 Å². The molecule has 7 nitrogen and oxygen atoms in total. The molecule has 0 aliphatic heterocycles.